The number of esters is 2. The first-order valence-electron chi connectivity index (χ1n) is 9.04. The zero-order valence-electron chi connectivity index (χ0n) is 18.2. The molecule has 0 saturated carbocycles. The standard InChI is InChI=1S/C18H18F11NO6/c1-5-9(31)34-7-13(3,8-35-10(32)6-2)30-12(33)36-11(14(4,19)20)15(21,22)16(23,24)17(25,26)18(27,28)29/h5-6,11H,1-2,7-8H2,3-4H3,(H,30,33). The summed E-state index contributed by atoms with van der Waals surface area (Å²) in [6.07, 6.45) is -13.6. The number of ether oxygens (including phenoxy) is 3. The van der Waals surface area contributed by atoms with Crippen LogP contribution in [0, 0.1) is 0 Å². The summed E-state index contributed by atoms with van der Waals surface area (Å²) in [7, 11) is 0. The first-order chi connectivity index (χ1) is 15.9. The third-order valence-corrected chi connectivity index (χ3v) is 3.99. The Labute approximate surface area is 195 Å². The van der Waals surface area contributed by atoms with E-state index in [1.165, 1.54) is 5.32 Å². The number of alkyl carbamates (subject to hydrolysis) is 1. The molecule has 0 saturated heterocycles. The fourth-order valence-electron chi connectivity index (χ4n) is 2.12. The van der Waals surface area contributed by atoms with Crippen LogP contribution in [0.3, 0.4) is 0 Å². The van der Waals surface area contributed by atoms with Gasteiger partial charge >= 0.3 is 42.0 Å². The molecule has 0 aromatic heterocycles. The highest BCUT2D eigenvalue weighted by Crippen LogP contribution is 2.56. The van der Waals surface area contributed by atoms with E-state index in [1.807, 2.05) is 0 Å². The molecule has 0 fully saturated rings. The molecule has 0 aliphatic rings. The van der Waals surface area contributed by atoms with Crippen LogP contribution in [0.15, 0.2) is 25.3 Å². The lowest BCUT2D eigenvalue weighted by atomic mass is 9.95. The van der Waals surface area contributed by atoms with Gasteiger partial charge < -0.3 is 19.5 Å². The molecule has 208 valence electrons. The Morgan fingerprint density at radius 1 is 0.778 bits per heavy atom. The van der Waals surface area contributed by atoms with E-state index in [-0.39, 0.29) is 0 Å². The normalized spacial score (nSPS) is 14.4. The number of halogens is 11. The van der Waals surface area contributed by atoms with Crippen LogP contribution in [0.5, 0.6) is 0 Å². The van der Waals surface area contributed by atoms with Crippen LogP contribution in [0.25, 0.3) is 0 Å². The number of hydrogen-bond acceptors (Lipinski definition) is 6. The van der Waals surface area contributed by atoms with E-state index in [9.17, 15) is 62.7 Å². The van der Waals surface area contributed by atoms with Gasteiger partial charge in [-0.2, -0.15) is 39.5 Å². The smallest absolute Gasteiger partial charge is 0.460 e. The zero-order valence-corrected chi connectivity index (χ0v) is 18.2. The molecule has 1 unspecified atom stereocenters. The lowest BCUT2D eigenvalue weighted by molar-refractivity contribution is -0.412. The number of carbonyl (C=O) groups is 3. The van der Waals surface area contributed by atoms with E-state index in [1.54, 1.807) is 0 Å². The number of carbonyl (C=O) groups excluding carboxylic acids is 3. The summed E-state index contributed by atoms with van der Waals surface area (Å²) in [5.41, 5.74) is -2.24. The molecule has 0 radical (unpaired) electrons. The van der Waals surface area contributed by atoms with Gasteiger partial charge in [-0.15, -0.1) is 0 Å². The van der Waals surface area contributed by atoms with Gasteiger partial charge in [0.05, 0.1) is 0 Å². The predicted octanol–water partition coefficient (Wildman–Crippen LogP) is 4.42. The summed E-state index contributed by atoms with van der Waals surface area (Å²) < 4.78 is 158. The Kier molecular flexibility index (Phi) is 9.96. The largest absolute Gasteiger partial charge is 0.460 e. The molecule has 0 aromatic carbocycles. The van der Waals surface area contributed by atoms with Crippen LogP contribution in [0.4, 0.5) is 53.1 Å². The average Bonchev–Trinajstić information content (AvgIpc) is 2.72. The number of alkyl halides is 11. The van der Waals surface area contributed by atoms with Crippen LogP contribution in [-0.2, 0) is 23.8 Å². The molecule has 36 heavy (non-hydrogen) atoms. The summed E-state index contributed by atoms with van der Waals surface area (Å²) in [4.78, 5) is 34.4. The van der Waals surface area contributed by atoms with E-state index in [0.717, 1.165) is 6.92 Å². The van der Waals surface area contributed by atoms with Gasteiger partial charge in [0.1, 0.15) is 18.8 Å². The van der Waals surface area contributed by atoms with Crippen molar-refractivity contribution in [2.24, 2.45) is 0 Å². The fraction of sp³-hybridized carbons (Fsp3) is 0.611. The monoisotopic (exact) mass is 553 g/mol. The minimum Gasteiger partial charge on any atom is -0.460 e. The van der Waals surface area contributed by atoms with Gasteiger partial charge in [0.15, 0.2) is 0 Å². The SMILES string of the molecule is C=CC(=O)OCC(C)(COC(=O)C=C)NC(=O)OC(C(C)(F)F)C(F)(F)C(F)(F)C(F)(F)C(F)(F)F. The van der Waals surface area contributed by atoms with E-state index in [4.69, 9.17) is 0 Å². The van der Waals surface area contributed by atoms with Crippen molar-refractivity contribution in [1.82, 2.24) is 5.32 Å². The molecule has 18 heteroatoms. The van der Waals surface area contributed by atoms with Gasteiger partial charge in [-0.25, -0.2) is 23.2 Å². The van der Waals surface area contributed by atoms with Gasteiger partial charge in [-0.3, -0.25) is 0 Å². The Bertz CT molecular complexity index is 827. The second-order valence-corrected chi connectivity index (χ2v) is 7.32. The molecule has 1 amide bonds. The van der Waals surface area contributed by atoms with Crippen molar-refractivity contribution in [1.29, 1.82) is 0 Å². The minimum atomic E-state index is -7.54. The molecule has 0 aromatic rings. The van der Waals surface area contributed by atoms with Crippen molar-refractivity contribution in [2.45, 2.75) is 55.4 Å². The van der Waals surface area contributed by atoms with Gasteiger partial charge in [0.2, 0.25) is 6.10 Å². The highest BCUT2D eigenvalue weighted by atomic mass is 19.4. The average molecular weight is 553 g/mol. The van der Waals surface area contributed by atoms with Crippen LogP contribution >= 0.6 is 0 Å². The summed E-state index contributed by atoms with van der Waals surface area (Å²) in [6, 6.07) is 0. The molecule has 1 N–H and O–H groups in total. The van der Waals surface area contributed by atoms with Crippen LogP contribution in [0.1, 0.15) is 13.8 Å². The highest BCUT2D eigenvalue weighted by Gasteiger charge is 2.85. The summed E-state index contributed by atoms with van der Waals surface area (Å²) in [5, 5.41) is 1.44. The maximum Gasteiger partial charge on any atom is 0.460 e. The van der Waals surface area contributed by atoms with Crippen molar-refractivity contribution in [3.8, 4) is 0 Å². The molecule has 0 spiro atoms. The number of hydrogen-bond donors (Lipinski definition) is 1. The van der Waals surface area contributed by atoms with Gasteiger partial charge in [0.25, 0.3) is 5.92 Å². The van der Waals surface area contributed by atoms with Crippen molar-refractivity contribution >= 4 is 18.0 Å². The number of amides is 1. The lowest BCUT2D eigenvalue weighted by Gasteiger charge is -2.39. The van der Waals surface area contributed by atoms with Crippen molar-refractivity contribution in [3.63, 3.8) is 0 Å². The Morgan fingerprint density at radius 2 is 1.17 bits per heavy atom. The third-order valence-electron chi connectivity index (χ3n) is 3.99. The summed E-state index contributed by atoms with van der Waals surface area (Å²) in [5.74, 6) is -29.8. The van der Waals surface area contributed by atoms with Crippen LogP contribution in [0.2, 0.25) is 0 Å². The fourth-order valence-corrected chi connectivity index (χ4v) is 2.12. The topological polar surface area (TPSA) is 90.9 Å². The number of rotatable bonds is 12. The van der Waals surface area contributed by atoms with Gasteiger partial charge in [0, 0.05) is 19.1 Å². The molecule has 0 aliphatic carbocycles. The molecule has 7 nitrogen and oxygen atoms in total. The van der Waals surface area contributed by atoms with Crippen molar-refractivity contribution < 1.29 is 76.9 Å². The first kappa shape index (κ1) is 32.9. The van der Waals surface area contributed by atoms with E-state index in [2.05, 4.69) is 27.4 Å². The van der Waals surface area contributed by atoms with E-state index < -0.39 is 79.7 Å². The predicted molar refractivity (Wildman–Crippen MR) is 95.6 cm³/mol. The highest BCUT2D eigenvalue weighted by molar-refractivity contribution is 5.82. The molecular weight excluding hydrogens is 535 g/mol. The maximum atomic E-state index is 14.1. The third kappa shape index (κ3) is 7.46. The Balaban J connectivity index is 6.17. The van der Waals surface area contributed by atoms with E-state index in [0.29, 0.717) is 12.2 Å². The first-order valence-corrected chi connectivity index (χ1v) is 9.04. The lowest BCUT2D eigenvalue weighted by Crippen LogP contribution is -2.68. The zero-order chi connectivity index (χ0) is 29.0. The Morgan fingerprint density at radius 3 is 1.47 bits per heavy atom. The molecule has 0 bridgehead atoms. The minimum absolute atomic E-state index is 0.575. The second kappa shape index (κ2) is 10.9. The maximum absolute atomic E-state index is 14.1. The van der Waals surface area contributed by atoms with Gasteiger partial charge in [-0.05, 0) is 6.92 Å². The molecule has 0 rings (SSSR count). The summed E-state index contributed by atoms with van der Waals surface area (Å²) in [6.45, 7) is 4.10. The second-order valence-electron chi connectivity index (χ2n) is 7.32. The van der Waals surface area contributed by atoms with Crippen LogP contribution < -0.4 is 5.32 Å². The molecule has 0 heterocycles. The number of nitrogens with one attached hydrogen (secondary N) is 1. The molecule has 1 atom stereocenters. The summed E-state index contributed by atoms with van der Waals surface area (Å²) >= 11 is 0. The van der Waals surface area contributed by atoms with Crippen molar-refractivity contribution in [2.75, 3.05) is 13.2 Å². The molecule has 0 aliphatic heterocycles. The Hall–Kier alpha value is -3.08. The van der Waals surface area contributed by atoms with Crippen LogP contribution in [-0.4, -0.2) is 72.8 Å². The molecular formula is C18H18F11NO6. The van der Waals surface area contributed by atoms with E-state index >= 15 is 0 Å². The van der Waals surface area contributed by atoms with Gasteiger partial charge in [-0.1, -0.05) is 13.2 Å². The van der Waals surface area contributed by atoms with Crippen molar-refractivity contribution in [3.05, 3.63) is 25.3 Å². The quantitative estimate of drug-likeness (QED) is 0.167.